The Morgan fingerprint density at radius 3 is 2.42 bits per heavy atom. The van der Waals surface area contributed by atoms with E-state index in [4.69, 9.17) is 14.2 Å². The molecule has 0 radical (unpaired) electrons. The number of hydrogen-bond acceptors (Lipinski definition) is 9. The molecule has 2 atom stereocenters. The van der Waals surface area contributed by atoms with Crippen molar-refractivity contribution in [3.63, 3.8) is 0 Å². The number of pyridine rings is 2. The number of carbonyl (C=O) groups excluding carboxylic acids is 2. The van der Waals surface area contributed by atoms with Gasteiger partial charge in [-0.15, -0.1) is 4.80 Å². The highest BCUT2D eigenvalue weighted by atomic mass is 16.5. The number of nitrogens with zero attached hydrogens (tertiary/aromatic N) is 6. The van der Waals surface area contributed by atoms with Crippen molar-refractivity contribution in [2.45, 2.75) is 52.7 Å². The van der Waals surface area contributed by atoms with Crippen LogP contribution < -0.4 is 9.47 Å². The lowest BCUT2D eigenvalue weighted by atomic mass is 10.00. The standard InChI is InChI=1S/C23H26N6O5.C2H6/c1-14-9-10-24-21(19(14)23(31)33-4)34-16-6-5-15(2)28(13-16)22(30)17-7-8-18(32-3)27-20(17)29-25-11-12-26-29;1-2/h7-12,15-16H,5-6,13H2,1-4H3;1-2H3/t15-,16?;/m1./s1. The molecule has 1 saturated heterocycles. The Morgan fingerprint density at radius 2 is 1.75 bits per heavy atom. The minimum atomic E-state index is -0.515. The van der Waals surface area contributed by atoms with Crippen LogP contribution in [0.5, 0.6) is 11.8 Å². The molecule has 1 aliphatic rings. The minimum Gasteiger partial charge on any atom is -0.481 e. The molecule has 0 N–H and O–H groups in total. The smallest absolute Gasteiger partial charge is 0.343 e. The summed E-state index contributed by atoms with van der Waals surface area (Å²) in [6, 6.07) is 4.97. The number of methoxy groups -OCH3 is 2. The average Bonchev–Trinajstić information content (AvgIpc) is 3.45. The van der Waals surface area contributed by atoms with Gasteiger partial charge >= 0.3 is 5.97 Å². The van der Waals surface area contributed by atoms with E-state index in [0.29, 0.717) is 36.4 Å². The van der Waals surface area contributed by atoms with Crippen LogP contribution in [0.1, 0.15) is 59.9 Å². The Labute approximate surface area is 210 Å². The van der Waals surface area contributed by atoms with E-state index in [-0.39, 0.29) is 35.3 Å². The fraction of sp³-hybridized carbons (Fsp3) is 0.440. The first-order chi connectivity index (χ1) is 17.4. The number of amides is 1. The Bertz CT molecular complexity index is 1180. The van der Waals surface area contributed by atoms with Crippen LogP contribution in [0.15, 0.2) is 36.8 Å². The van der Waals surface area contributed by atoms with E-state index in [9.17, 15) is 9.59 Å². The van der Waals surface area contributed by atoms with Gasteiger partial charge in [-0.05, 0) is 44.4 Å². The average molecular weight is 497 g/mol. The molecule has 1 fully saturated rings. The molecule has 3 aromatic rings. The summed E-state index contributed by atoms with van der Waals surface area (Å²) in [5, 5.41) is 8.24. The third-order valence-electron chi connectivity index (χ3n) is 5.79. The van der Waals surface area contributed by atoms with Crippen LogP contribution in [0.3, 0.4) is 0 Å². The van der Waals surface area contributed by atoms with E-state index in [0.717, 1.165) is 0 Å². The maximum atomic E-state index is 13.6. The Morgan fingerprint density at radius 1 is 1.03 bits per heavy atom. The summed E-state index contributed by atoms with van der Waals surface area (Å²) in [7, 11) is 2.82. The van der Waals surface area contributed by atoms with Crippen molar-refractivity contribution >= 4 is 11.9 Å². The van der Waals surface area contributed by atoms with Crippen molar-refractivity contribution in [2.24, 2.45) is 0 Å². The van der Waals surface area contributed by atoms with Gasteiger partial charge in [0.05, 0.1) is 38.7 Å². The van der Waals surface area contributed by atoms with Crippen molar-refractivity contribution in [1.82, 2.24) is 29.9 Å². The van der Waals surface area contributed by atoms with E-state index in [1.165, 1.54) is 31.4 Å². The minimum absolute atomic E-state index is 0.0292. The van der Waals surface area contributed by atoms with E-state index in [1.54, 1.807) is 36.2 Å². The SMILES string of the molecule is CC.COC(=O)c1c(C)ccnc1OC1CC[C@@H](C)N(C(=O)c2ccc(OC)nc2-n2nccn2)C1. The fourth-order valence-corrected chi connectivity index (χ4v) is 3.93. The summed E-state index contributed by atoms with van der Waals surface area (Å²) >= 11 is 0. The van der Waals surface area contributed by atoms with Gasteiger partial charge in [-0.1, -0.05) is 13.8 Å². The zero-order chi connectivity index (χ0) is 26.2. The summed E-state index contributed by atoms with van der Waals surface area (Å²) in [6.45, 7) is 8.09. The number of carbonyl (C=O) groups is 2. The Balaban J connectivity index is 0.00000176. The summed E-state index contributed by atoms with van der Waals surface area (Å²) in [4.78, 5) is 37.6. The van der Waals surface area contributed by atoms with Crippen molar-refractivity contribution in [2.75, 3.05) is 20.8 Å². The fourth-order valence-electron chi connectivity index (χ4n) is 3.93. The third kappa shape index (κ3) is 5.61. The van der Waals surface area contributed by atoms with E-state index in [1.807, 2.05) is 20.8 Å². The van der Waals surface area contributed by atoms with Gasteiger partial charge in [0.1, 0.15) is 11.7 Å². The number of ether oxygens (including phenoxy) is 3. The second kappa shape index (κ2) is 12.1. The quantitative estimate of drug-likeness (QED) is 0.473. The Kier molecular flexibility index (Phi) is 8.93. The predicted octanol–water partition coefficient (Wildman–Crippen LogP) is 3.26. The molecular weight excluding hydrogens is 464 g/mol. The van der Waals surface area contributed by atoms with Crippen LogP contribution in [-0.2, 0) is 4.74 Å². The lowest BCUT2D eigenvalue weighted by Crippen LogP contribution is -2.49. The second-order valence-corrected chi connectivity index (χ2v) is 7.97. The highest BCUT2D eigenvalue weighted by molar-refractivity contribution is 5.97. The summed E-state index contributed by atoms with van der Waals surface area (Å²) in [6.07, 6.45) is 5.67. The molecule has 1 amide bonds. The molecule has 36 heavy (non-hydrogen) atoms. The molecule has 0 bridgehead atoms. The van der Waals surface area contributed by atoms with Gasteiger partial charge in [0, 0.05) is 18.3 Å². The highest BCUT2D eigenvalue weighted by Gasteiger charge is 2.33. The number of rotatable bonds is 6. The summed E-state index contributed by atoms with van der Waals surface area (Å²) in [5.74, 6) is 0.0777. The van der Waals surface area contributed by atoms with Crippen molar-refractivity contribution in [1.29, 1.82) is 0 Å². The van der Waals surface area contributed by atoms with Crippen LogP contribution in [0.2, 0.25) is 0 Å². The molecule has 0 aliphatic carbocycles. The molecule has 11 nitrogen and oxygen atoms in total. The molecule has 1 unspecified atom stereocenters. The monoisotopic (exact) mass is 496 g/mol. The molecular formula is C25H32N6O5. The molecule has 0 saturated carbocycles. The zero-order valence-electron chi connectivity index (χ0n) is 21.5. The summed E-state index contributed by atoms with van der Waals surface area (Å²) in [5.41, 5.74) is 1.33. The molecule has 0 aromatic carbocycles. The first kappa shape index (κ1) is 26.6. The topological polar surface area (TPSA) is 122 Å². The van der Waals surface area contributed by atoms with E-state index < -0.39 is 5.97 Å². The van der Waals surface area contributed by atoms with E-state index in [2.05, 4.69) is 20.2 Å². The van der Waals surface area contributed by atoms with E-state index >= 15 is 0 Å². The van der Waals surface area contributed by atoms with Gasteiger partial charge in [0.15, 0.2) is 5.82 Å². The highest BCUT2D eigenvalue weighted by Crippen LogP contribution is 2.27. The predicted molar refractivity (Wildman–Crippen MR) is 132 cm³/mol. The van der Waals surface area contributed by atoms with Gasteiger partial charge in [-0.2, -0.15) is 15.2 Å². The van der Waals surface area contributed by atoms with Gasteiger partial charge < -0.3 is 19.1 Å². The second-order valence-electron chi connectivity index (χ2n) is 7.97. The van der Waals surface area contributed by atoms with Gasteiger partial charge in [-0.25, -0.2) is 9.78 Å². The van der Waals surface area contributed by atoms with Crippen LogP contribution in [0.4, 0.5) is 0 Å². The number of aryl methyl sites for hydroxylation is 1. The van der Waals surface area contributed by atoms with Crippen molar-refractivity contribution in [3.05, 3.63) is 53.5 Å². The van der Waals surface area contributed by atoms with Gasteiger partial charge in [0.25, 0.3) is 5.91 Å². The number of aromatic nitrogens is 5. The van der Waals surface area contributed by atoms with Gasteiger partial charge in [-0.3, -0.25) is 4.79 Å². The van der Waals surface area contributed by atoms with Crippen LogP contribution in [0, 0.1) is 6.92 Å². The van der Waals surface area contributed by atoms with Crippen LogP contribution >= 0.6 is 0 Å². The first-order valence-corrected chi connectivity index (χ1v) is 11.9. The van der Waals surface area contributed by atoms with Crippen LogP contribution in [0.25, 0.3) is 5.82 Å². The van der Waals surface area contributed by atoms with Crippen molar-refractivity contribution in [3.8, 4) is 17.6 Å². The maximum absolute atomic E-state index is 13.6. The number of piperidine rings is 1. The number of likely N-dealkylation sites (tertiary alicyclic amines) is 1. The maximum Gasteiger partial charge on any atom is 0.343 e. The largest absolute Gasteiger partial charge is 0.481 e. The molecule has 3 aromatic heterocycles. The molecule has 1 aliphatic heterocycles. The zero-order valence-corrected chi connectivity index (χ0v) is 21.5. The van der Waals surface area contributed by atoms with Crippen molar-refractivity contribution < 1.29 is 23.8 Å². The molecule has 11 heteroatoms. The normalized spacial score (nSPS) is 17.0. The molecule has 0 spiro atoms. The number of esters is 1. The third-order valence-corrected chi connectivity index (χ3v) is 5.79. The lowest BCUT2D eigenvalue weighted by molar-refractivity contribution is 0.0358. The Hall–Kier alpha value is -4.02. The molecule has 4 heterocycles. The molecule has 192 valence electrons. The summed E-state index contributed by atoms with van der Waals surface area (Å²) < 4.78 is 16.2. The lowest BCUT2D eigenvalue weighted by Gasteiger charge is -2.38. The number of hydrogen-bond donors (Lipinski definition) is 0. The molecule has 4 rings (SSSR count). The van der Waals surface area contributed by atoms with Crippen LogP contribution in [-0.4, -0.2) is 74.6 Å². The van der Waals surface area contributed by atoms with Gasteiger partial charge in [0.2, 0.25) is 11.8 Å². The first-order valence-electron chi connectivity index (χ1n) is 11.9.